The third kappa shape index (κ3) is 6.37. The molecular formula is C26H32FN5O7S2. The van der Waals surface area contributed by atoms with Gasteiger partial charge in [-0.05, 0) is 43.3 Å². The van der Waals surface area contributed by atoms with E-state index in [0.29, 0.717) is 0 Å². The van der Waals surface area contributed by atoms with Gasteiger partial charge in [0.2, 0.25) is 10.0 Å². The van der Waals surface area contributed by atoms with Crippen molar-refractivity contribution in [2.24, 2.45) is 13.0 Å². The fraction of sp³-hybridized carbons (Fsp3) is 0.385. The molecular weight excluding hydrogens is 577 g/mol. The molecule has 2 N–H and O–H groups in total. The number of benzene rings is 2. The predicted octanol–water partition coefficient (Wildman–Crippen LogP) is 1.90. The molecule has 2 aromatic carbocycles. The van der Waals surface area contributed by atoms with Gasteiger partial charge in [0.15, 0.2) is 10.8 Å². The molecule has 41 heavy (non-hydrogen) atoms. The minimum absolute atomic E-state index is 0.0347. The van der Waals surface area contributed by atoms with Crippen LogP contribution in [0.5, 0.6) is 5.75 Å². The minimum atomic E-state index is -4.18. The molecule has 15 heteroatoms. The summed E-state index contributed by atoms with van der Waals surface area (Å²) in [5.41, 5.74) is -0.00582. The van der Waals surface area contributed by atoms with E-state index in [2.05, 4.69) is 9.71 Å². The van der Waals surface area contributed by atoms with E-state index in [1.165, 1.54) is 47.2 Å². The monoisotopic (exact) mass is 609 g/mol. The van der Waals surface area contributed by atoms with Crippen LogP contribution in [0.3, 0.4) is 0 Å². The second kappa shape index (κ2) is 11.8. The molecule has 0 bridgehead atoms. The minimum Gasteiger partial charge on any atom is -0.486 e. The highest BCUT2D eigenvalue weighted by Gasteiger charge is 2.36. The van der Waals surface area contributed by atoms with Crippen molar-refractivity contribution in [1.29, 1.82) is 0 Å². The van der Waals surface area contributed by atoms with Crippen LogP contribution >= 0.6 is 0 Å². The number of ether oxygens (including phenoxy) is 1. The highest BCUT2D eigenvalue weighted by atomic mass is 32.2. The molecule has 1 amide bonds. The Morgan fingerprint density at radius 1 is 1.20 bits per heavy atom. The van der Waals surface area contributed by atoms with Crippen molar-refractivity contribution in [2.45, 2.75) is 35.9 Å². The molecule has 0 fully saturated rings. The molecule has 0 unspecified atom stereocenters. The number of likely N-dealkylation sites (N-methyl/N-ethyl adjacent to an activating group) is 1. The average molecular weight is 610 g/mol. The molecule has 0 aliphatic carbocycles. The van der Waals surface area contributed by atoms with Crippen LogP contribution in [0.25, 0.3) is 0 Å². The number of sulfonamides is 2. The van der Waals surface area contributed by atoms with E-state index < -0.39 is 49.8 Å². The van der Waals surface area contributed by atoms with Gasteiger partial charge in [0.25, 0.3) is 15.9 Å². The molecule has 0 spiro atoms. The Labute approximate surface area is 238 Å². The summed E-state index contributed by atoms with van der Waals surface area (Å²) in [4.78, 5) is 18.9. The Kier molecular flexibility index (Phi) is 8.73. The van der Waals surface area contributed by atoms with E-state index >= 15 is 0 Å². The fourth-order valence-electron chi connectivity index (χ4n) is 4.40. The molecule has 1 aliphatic rings. The highest BCUT2D eigenvalue weighted by molar-refractivity contribution is 7.92. The Bertz CT molecular complexity index is 1630. The largest absolute Gasteiger partial charge is 0.486 e. The Hall–Kier alpha value is -3.53. The van der Waals surface area contributed by atoms with Crippen LogP contribution in [-0.2, 0) is 27.1 Å². The summed E-state index contributed by atoms with van der Waals surface area (Å²) in [7, 11) is -5.26. The molecule has 2 heterocycles. The zero-order valence-corrected chi connectivity index (χ0v) is 24.6. The van der Waals surface area contributed by atoms with Gasteiger partial charge in [0.05, 0.1) is 41.7 Å². The third-order valence-electron chi connectivity index (χ3n) is 6.85. The van der Waals surface area contributed by atoms with Crippen LogP contribution in [0.2, 0.25) is 0 Å². The van der Waals surface area contributed by atoms with E-state index in [-0.39, 0.29) is 46.6 Å². The first kappa shape index (κ1) is 30.4. The lowest BCUT2D eigenvalue weighted by atomic mass is 9.99. The molecule has 222 valence electrons. The first-order valence-corrected chi connectivity index (χ1v) is 15.6. The van der Waals surface area contributed by atoms with Crippen molar-refractivity contribution >= 4 is 31.6 Å². The van der Waals surface area contributed by atoms with Gasteiger partial charge in [-0.1, -0.05) is 13.0 Å². The van der Waals surface area contributed by atoms with Gasteiger partial charge >= 0.3 is 0 Å². The van der Waals surface area contributed by atoms with Crippen molar-refractivity contribution in [2.75, 3.05) is 31.5 Å². The predicted molar refractivity (Wildman–Crippen MR) is 148 cm³/mol. The summed E-state index contributed by atoms with van der Waals surface area (Å²) in [5.74, 6) is -1.62. The summed E-state index contributed by atoms with van der Waals surface area (Å²) >= 11 is 0. The van der Waals surface area contributed by atoms with E-state index in [1.54, 1.807) is 20.9 Å². The standard InChI is InChI=1S/C26H32FN5O7S2/c1-17-12-32(18(2)15-33)26(34)21-6-5-7-22(29-40(35,36)24-14-30(3)16-28-24)25(21)39-23(17)13-31(4)41(37,38)20-10-8-19(27)9-11-20/h5-11,14,16-18,23,29,33H,12-13,15H2,1-4H3/t17-,18+,23+/m0/s1. The first-order chi connectivity index (χ1) is 19.2. The lowest BCUT2D eigenvalue weighted by molar-refractivity contribution is 0.0389. The molecule has 3 atom stereocenters. The summed E-state index contributed by atoms with van der Waals surface area (Å²) in [5, 5.41) is 9.61. The molecule has 1 aromatic heterocycles. The number of hydrogen-bond acceptors (Lipinski definition) is 8. The number of hydrogen-bond donors (Lipinski definition) is 2. The summed E-state index contributed by atoms with van der Waals surface area (Å²) in [6.45, 7) is 3.04. The lowest BCUT2D eigenvalue weighted by Gasteiger charge is -2.38. The van der Waals surface area contributed by atoms with Gasteiger partial charge in [0.1, 0.15) is 11.9 Å². The van der Waals surface area contributed by atoms with Gasteiger partial charge in [-0.3, -0.25) is 9.52 Å². The number of halogens is 1. The highest BCUT2D eigenvalue weighted by Crippen LogP contribution is 2.36. The summed E-state index contributed by atoms with van der Waals surface area (Å²) in [6.07, 6.45) is 1.77. The molecule has 0 saturated heterocycles. The number of carbonyl (C=O) groups excluding carboxylic acids is 1. The van der Waals surface area contributed by atoms with Crippen molar-refractivity contribution < 1.29 is 35.9 Å². The van der Waals surface area contributed by atoms with Gasteiger partial charge in [-0.25, -0.2) is 17.8 Å². The zero-order chi connectivity index (χ0) is 30.1. The number of imidazole rings is 1. The third-order valence-corrected chi connectivity index (χ3v) is 9.94. The second-order valence-corrected chi connectivity index (χ2v) is 13.7. The smallest absolute Gasteiger partial charge is 0.281 e. The molecule has 4 rings (SSSR count). The topological polar surface area (TPSA) is 151 Å². The normalized spacial score (nSPS) is 18.8. The number of aryl methyl sites for hydroxylation is 1. The van der Waals surface area contributed by atoms with Crippen LogP contribution in [0.1, 0.15) is 24.2 Å². The number of aromatic nitrogens is 2. The van der Waals surface area contributed by atoms with Crippen molar-refractivity contribution in [3.05, 3.63) is 66.4 Å². The van der Waals surface area contributed by atoms with Crippen LogP contribution in [0, 0.1) is 11.7 Å². The van der Waals surface area contributed by atoms with Crippen LogP contribution in [-0.4, -0.2) is 85.5 Å². The quantitative estimate of drug-likeness (QED) is 0.373. The van der Waals surface area contributed by atoms with Crippen LogP contribution < -0.4 is 9.46 Å². The number of amides is 1. The van der Waals surface area contributed by atoms with Crippen molar-refractivity contribution in [1.82, 2.24) is 18.8 Å². The number of aliphatic hydroxyl groups is 1. The van der Waals surface area contributed by atoms with Gasteiger partial charge in [-0.2, -0.15) is 12.7 Å². The number of para-hydroxylation sites is 1. The number of fused-ring (bicyclic) bond motifs is 1. The van der Waals surface area contributed by atoms with Gasteiger partial charge in [0, 0.05) is 32.8 Å². The molecule has 0 radical (unpaired) electrons. The van der Waals surface area contributed by atoms with Crippen molar-refractivity contribution in [3.8, 4) is 5.75 Å². The fourth-order valence-corrected chi connectivity index (χ4v) is 6.63. The Morgan fingerprint density at radius 2 is 1.88 bits per heavy atom. The number of anilines is 1. The number of aliphatic hydroxyl groups excluding tert-OH is 1. The molecule has 12 nitrogen and oxygen atoms in total. The number of nitrogens with zero attached hydrogens (tertiary/aromatic N) is 4. The lowest BCUT2D eigenvalue weighted by Crippen LogP contribution is -2.50. The van der Waals surface area contributed by atoms with E-state index in [9.17, 15) is 31.1 Å². The Balaban J connectivity index is 1.76. The summed E-state index contributed by atoms with van der Waals surface area (Å²) < 4.78 is 77.4. The SMILES string of the molecule is C[C@H](CO)N1C[C@H](C)[C@@H](CN(C)S(=O)(=O)c2ccc(F)cc2)Oc2c(NS(=O)(=O)c3cn(C)cn3)cccc2C1=O. The number of nitrogens with one attached hydrogen (secondary N) is 1. The maximum Gasteiger partial charge on any atom is 0.281 e. The summed E-state index contributed by atoms with van der Waals surface area (Å²) in [6, 6.07) is 8.21. The maximum absolute atomic E-state index is 13.6. The molecule has 3 aromatic rings. The van der Waals surface area contributed by atoms with Crippen molar-refractivity contribution in [3.63, 3.8) is 0 Å². The zero-order valence-electron chi connectivity index (χ0n) is 22.9. The molecule has 0 saturated carbocycles. The Morgan fingerprint density at radius 3 is 2.49 bits per heavy atom. The van der Waals surface area contributed by atoms with E-state index in [0.717, 1.165) is 28.6 Å². The van der Waals surface area contributed by atoms with Gasteiger partial charge < -0.3 is 19.3 Å². The maximum atomic E-state index is 13.6. The van der Waals surface area contributed by atoms with Gasteiger partial charge in [-0.15, -0.1) is 0 Å². The average Bonchev–Trinajstić information content (AvgIpc) is 3.38. The van der Waals surface area contributed by atoms with E-state index in [4.69, 9.17) is 4.74 Å². The second-order valence-electron chi connectivity index (χ2n) is 10.0. The van der Waals surface area contributed by atoms with Crippen LogP contribution in [0.4, 0.5) is 10.1 Å². The van der Waals surface area contributed by atoms with E-state index in [1.807, 2.05) is 0 Å². The molecule has 1 aliphatic heterocycles. The first-order valence-electron chi connectivity index (χ1n) is 12.7. The number of rotatable bonds is 9. The van der Waals surface area contributed by atoms with Crippen LogP contribution in [0.15, 0.2) is 64.9 Å². The number of carbonyl (C=O) groups is 1.